The minimum Gasteiger partial charge on any atom is -0.484 e. The smallest absolute Gasteiger partial charge is 0.262 e. The molecule has 1 amide bonds. The molecule has 0 fully saturated rings. The molecule has 3 rings (SSSR count). The monoisotopic (exact) mass is 424 g/mol. The van der Waals surface area contributed by atoms with Crippen LogP contribution in [0.5, 0.6) is 5.75 Å². The zero-order chi connectivity index (χ0) is 21.4. The maximum atomic E-state index is 12.4. The first-order chi connectivity index (χ1) is 14.5. The summed E-state index contributed by atoms with van der Waals surface area (Å²) in [7, 11) is -3.64. The maximum Gasteiger partial charge on any atom is 0.262 e. The molecule has 0 aliphatic carbocycles. The molecule has 0 saturated carbocycles. The number of carbonyl (C=O) groups is 1. The molecule has 30 heavy (non-hydrogen) atoms. The largest absolute Gasteiger partial charge is 0.484 e. The molecule has 0 aliphatic rings. The lowest BCUT2D eigenvalue weighted by molar-refractivity contribution is -0.118. The van der Waals surface area contributed by atoms with Crippen LogP contribution in [0.3, 0.4) is 0 Å². The summed E-state index contributed by atoms with van der Waals surface area (Å²) in [4.78, 5) is 12.2. The highest BCUT2D eigenvalue weighted by Crippen LogP contribution is 2.17. The van der Waals surface area contributed by atoms with Crippen LogP contribution in [0.1, 0.15) is 18.1 Å². The lowest BCUT2D eigenvalue weighted by Crippen LogP contribution is -2.23. The van der Waals surface area contributed by atoms with Crippen molar-refractivity contribution in [3.05, 3.63) is 90.0 Å². The zero-order valence-electron chi connectivity index (χ0n) is 16.7. The first-order valence-corrected chi connectivity index (χ1v) is 11.1. The van der Waals surface area contributed by atoms with E-state index in [1.54, 1.807) is 0 Å². The van der Waals surface area contributed by atoms with Crippen molar-refractivity contribution in [2.24, 2.45) is 0 Å². The number of anilines is 1. The molecule has 0 bridgehead atoms. The van der Waals surface area contributed by atoms with Crippen molar-refractivity contribution in [2.45, 2.75) is 24.8 Å². The molecule has 0 spiro atoms. The van der Waals surface area contributed by atoms with Crippen LogP contribution in [0.4, 0.5) is 5.69 Å². The quantitative estimate of drug-likeness (QED) is 0.548. The topological polar surface area (TPSA) is 84.5 Å². The van der Waals surface area contributed by atoms with E-state index in [1.165, 1.54) is 29.8 Å². The summed E-state index contributed by atoms with van der Waals surface area (Å²) >= 11 is 0. The minimum absolute atomic E-state index is 0.131. The van der Waals surface area contributed by atoms with E-state index in [-0.39, 0.29) is 24.0 Å². The molecule has 0 radical (unpaired) electrons. The molecule has 0 atom stereocenters. The van der Waals surface area contributed by atoms with Crippen molar-refractivity contribution >= 4 is 21.6 Å². The summed E-state index contributed by atoms with van der Waals surface area (Å²) in [5.74, 6) is 0.119. The summed E-state index contributed by atoms with van der Waals surface area (Å²) < 4.78 is 32.9. The number of aryl methyl sites for hydroxylation is 1. The van der Waals surface area contributed by atoms with Crippen molar-refractivity contribution in [1.82, 2.24) is 4.72 Å². The Hall–Kier alpha value is -3.16. The predicted octanol–water partition coefficient (Wildman–Crippen LogP) is 3.75. The normalized spacial score (nSPS) is 11.1. The number of amides is 1. The Balaban J connectivity index is 1.51. The molecular weight excluding hydrogens is 400 g/mol. The molecule has 3 aromatic carbocycles. The van der Waals surface area contributed by atoms with Crippen LogP contribution >= 0.6 is 0 Å². The number of carbonyl (C=O) groups excluding carboxylic acids is 1. The Bertz CT molecular complexity index is 1060. The van der Waals surface area contributed by atoms with Gasteiger partial charge in [0.05, 0.1) is 4.90 Å². The minimum atomic E-state index is -3.64. The maximum absolute atomic E-state index is 12.4. The van der Waals surface area contributed by atoms with Gasteiger partial charge in [-0.25, -0.2) is 13.1 Å². The van der Waals surface area contributed by atoms with Crippen LogP contribution < -0.4 is 14.8 Å². The number of nitrogens with one attached hydrogen (secondary N) is 2. The highest BCUT2D eigenvalue weighted by atomic mass is 32.2. The fourth-order valence-corrected chi connectivity index (χ4v) is 3.76. The van der Waals surface area contributed by atoms with E-state index >= 15 is 0 Å². The van der Waals surface area contributed by atoms with Gasteiger partial charge in [-0.15, -0.1) is 0 Å². The Kier molecular flexibility index (Phi) is 7.21. The van der Waals surface area contributed by atoms with Crippen molar-refractivity contribution in [3.63, 3.8) is 0 Å². The van der Waals surface area contributed by atoms with Gasteiger partial charge in [0.1, 0.15) is 5.75 Å². The second-order valence-corrected chi connectivity index (χ2v) is 8.44. The zero-order valence-corrected chi connectivity index (χ0v) is 17.5. The van der Waals surface area contributed by atoms with E-state index in [4.69, 9.17) is 4.74 Å². The summed E-state index contributed by atoms with van der Waals surface area (Å²) in [6.45, 7) is 2.10. The van der Waals surface area contributed by atoms with Gasteiger partial charge < -0.3 is 10.1 Å². The van der Waals surface area contributed by atoms with Crippen molar-refractivity contribution < 1.29 is 17.9 Å². The number of sulfonamides is 1. The van der Waals surface area contributed by atoms with Gasteiger partial charge in [-0.1, -0.05) is 49.4 Å². The standard InChI is InChI=1S/C23H24N2O4S/c1-2-18-8-10-20(11-9-18)25-23(26)17-29-21-12-14-22(15-13-21)30(27,28)24-16-19-6-4-3-5-7-19/h3-15,24H,2,16-17H2,1H3,(H,25,26). The van der Waals surface area contributed by atoms with Crippen LogP contribution in [0.15, 0.2) is 83.8 Å². The summed E-state index contributed by atoms with van der Waals surface area (Å²) in [5.41, 5.74) is 2.76. The Morgan fingerprint density at radius 3 is 2.17 bits per heavy atom. The van der Waals surface area contributed by atoms with Gasteiger partial charge in [0, 0.05) is 12.2 Å². The molecular formula is C23H24N2O4S. The second kappa shape index (κ2) is 10.0. The number of hydrogen-bond acceptors (Lipinski definition) is 4. The van der Waals surface area contributed by atoms with Gasteiger partial charge in [0.25, 0.3) is 5.91 Å². The molecule has 0 saturated heterocycles. The average molecular weight is 425 g/mol. The van der Waals surface area contributed by atoms with E-state index in [0.717, 1.165) is 12.0 Å². The van der Waals surface area contributed by atoms with Crippen LogP contribution in [0, 0.1) is 0 Å². The summed E-state index contributed by atoms with van der Waals surface area (Å²) in [6.07, 6.45) is 0.935. The third-order valence-corrected chi connectivity index (χ3v) is 5.88. The third kappa shape index (κ3) is 6.17. The Labute approximate surface area is 177 Å². The first-order valence-electron chi connectivity index (χ1n) is 9.61. The molecule has 7 heteroatoms. The third-order valence-electron chi connectivity index (χ3n) is 4.46. The Morgan fingerprint density at radius 1 is 0.867 bits per heavy atom. The van der Waals surface area contributed by atoms with E-state index in [9.17, 15) is 13.2 Å². The average Bonchev–Trinajstić information content (AvgIpc) is 2.78. The van der Waals surface area contributed by atoms with Gasteiger partial charge in [-0.05, 0) is 53.9 Å². The second-order valence-electron chi connectivity index (χ2n) is 6.67. The SMILES string of the molecule is CCc1ccc(NC(=O)COc2ccc(S(=O)(=O)NCc3ccccc3)cc2)cc1. The van der Waals surface area contributed by atoms with Gasteiger partial charge >= 0.3 is 0 Å². The number of hydrogen-bond donors (Lipinski definition) is 2. The molecule has 3 aromatic rings. The molecule has 6 nitrogen and oxygen atoms in total. The molecule has 0 aromatic heterocycles. The lowest BCUT2D eigenvalue weighted by atomic mass is 10.1. The lowest BCUT2D eigenvalue weighted by Gasteiger charge is -2.10. The number of rotatable bonds is 9. The summed E-state index contributed by atoms with van der Waals surface area (Å²) in [5, 5.41) is 2.76. The highest BCUT2D eigenvalue weighted by molar-refractivity contribution is 7.89. The van der Waals surface area contributed by atoms with Gasteiger partial charge in [-0.2, -0.15) is 0 Å². The highest BCUT2D eigenvalue weighted by Gasteiger charge is 2.14. The molecule has 2 N–H and O–H groups in total. The van der Waals surface area contributed by atoms with Crippen molar-refractivity contribution in [2.75, 3.05) is 11.9 Å². The van der Waals surface area contributed by atoms with Crippen molar-refractivity contribution in [1.29, 1.82) is 0 Å². The van der Waals surface area contributed by atoms with Gasteiger partial charge in [0.15, 0.2) is 6.61 Å². The first kappa shape index (κ1) is 21.5. The van der Waals surface area contributed by atoms with E-state index < -0.39 is 10.0 Å². The fraction of sp³-hybridized carbons (Fsp3) is 0.174. The van der Waals surface area contributed by atoms with Crippen LogP contribution in [0.2, 0.25) is 0 Å². The molecule has 0 heterocycles. The van der Waals surface area contributed by atoms with Crippen LogP contribution in [0.25, 0.3) is 0 Å². The number of benzene rings is 3. The van der Waals surface area contributed by atoms with Gasteiger partial charge in [0.2, 0.25) is 10.0 Å². The Morgan fingerprint density at radius 2 is 1.53 bits per heavy atom. The van der Waals surface area contributed by atoms with E-state index in [1.807, 2.05) is 54.6 Å². The molecule has 0 aliphatic heterocycles. The molecule has 0 unspecified atom stereocenters. The molecule has 156 valence electrons. The van der Waals surface area contributed by atoms with Gasteiger partial charge in [-0.3, -0.25) is 4.79 Å². The van der Waals surface area contributed by atoms with Crippen molar-refractivity contribution in [3.8, 4) is 5.75 Å². The summed E-state index contributed by atoms with van der Waals surface area (Å²) in [6, 6.07) is 22.8. The fourth-order valence-electron chi connectivity index (χ4n) is 2.74. The predicted molar refractivity (Wildman–Crippen MR) is 117 cm³/mol. The van der Waals surface area contributed by atoms with E-state index in [2.05, 4.69) is 17.0 Å². The van der Waals surface area contributed by atoms with Crippen LogP contribution in [-0.4, -0.2) is 20.9 Å². The number of ether oxygens (including phenoxy) is 1. The van der Waals surface area contributed by atoms with Crippen LogP contribution in [-0.2, 0) is 27.8 Å². The van der Waals surface area contributed by atoms with E-state index in [0.29, 0.717) is 11.4 Å².